The third-order valence-electron chi connectivity index (χ3n) is 2.40. The van der Waals surface area contributed by atoms with Crippen molar-refractivity contribution in [2.45, 2.75) is 25.0 Å². The summed E-state index contributed by atoms with van der Waals surface area (Å²) in [4.78, 5) is 11.6. The Morgan fingerprint density at radius 2 is 2.33 bits per heavy atom. The van der Waals surface area contributed by atoms with E-state index in [2.05, 4.69) is 15.5 Å². The quantitative estimate of drug-likeness (QED) is 0.761. The monoisotopic (exact) mass is 228 g/mol. The first-order valence-corrected chi connectivity index (χ1v) is 5.43. The van der Waals surface area contributed by atoms with Crippen LogP contribution in [-0.2, 0) is 4.74 Å². The Bertz CT molecular complexity index is 361. The number of nitrogens with two attached hydrogens (primary N) is 1. The molecular weight excluding hydrogens is 216 g/mol. The zero-order valence-corrected chi connectivity index (χ0v) is 9.08. The van der Waals surface area contributed by atoms with Crippen molar-refractivity contribution in [3.63, 3.8) is 0 Å². The van der Waals surface area contributed by atoms with E-state index in [1.807, 2.05) is 0 Å². The molecule has 15 heavy (non-hydrogen) atoms. The van der Waals surface area contributed by atoms with Crippen LogP contribution in [0.15, 0.2) is 0 Å². The second-order valence-electron chi connectivity index (χ2n) is 3.44. The van der Waals surface area contributed by atoms with Gasteiger partial charge >= 0.3 is 0 Å². The van der Waals surface area contributed by atoms with Crippen LogP contribution in [0.2, 0.25) is 0 Å². The van der Waals surface area contributed by atoms with Crippen molar-refractivity contribution in [2.24, 2.45) is 0 Å². The van der Waals surface area contributed by atoms with Gasteiger partial charge in [0.2, 0.25) is 10.1 Å². The van der Waals surface area contributed by atoms with Crippen LogP contribution < -0.4 is 11.1 Å². The molecule has 0 radical (unpaired) electrons. The van der Waals surface area contributed by atoms with Crippen molar-refractivity contribution in [2.75, 3.05) is 12.8 Å². The minimum absolute atomic E-state index is 0.188. The smallest absolute Gasteiger partial charge is 0.282 e. The van der Waals surface area contributed by atoms with Crippen LogP contribution in [0.3, 0.4) is 0 Å². The molecule has 0 atom stereocenters. The van der Waals surface area contributed by atoms with Crippen molar-refractivity contribution in [1.29, 1.82) is 0 Å². The van der Waals surface area contributed by atoms with Gasteiger partial charge in [0.05, 0.1) is 6.10 Å². The summed E-state index contributed by atoms with van der Waals surface area (Å²) in [6.45, 7) is 0. The molecule has 3 N–H and O–H groups in total. The maximum Gasteiger partial charge on any atom is 0.282 e. The van der Waals surface area contributed by atoms with E-state index in [1.54, 1.807) is 7.11 Å². The van der Waals surface area contributed by atoms with Crippen LogP contribution in [0.5, 0.6) is 0 Å². The van der Waals surface area contributed by atoms with Gasteiger partial charge in [-0.3, -0.25) is 4.79 Å². The fraction of sp³-hybridized carbons (Fsp3) is 0.625. The normalized spacial score (nSPS) is 24.6. The van der Waals surface area contributed by atoms with Gasteiger partial charge in [-0.15, -0.1) is 10.2 Å². The minimum Gasteiger partial charge on any atom is -0.381 e. The molecule has 1 aromatic rings. The van der Waals surface area contributed by atoms with Gasteiger partial charge in [-0.1, -0.05) is 11.3 Å². The standard InChI is InChI=1S/C8H12N4O2S/c1-14-5-2-4(3-5)10-6(13)7-11-12-8(9)15-7/h4-5H,2-3H2,1H3,(H2,9,12)(H,10,13). The SMILES string of the molecule is COC1CC(NC(=O)c2nnc(N)s2)C1. The Labute approximate surface area is 90.8 Å². The number of nitrogen functional groups attached to an aromatic ring is 1. The van der Waals surface area contributed by atoms with Gasteiger partial charge in [0, 0.05) is 13.2 Å². The van der Waals surface area contributed by atoms with Gasteiger partial charge in [0.25, 0.3) is 5.91 Å². The fourth-order valence-electron chi connectivity index (χ4n) is 1.45. The molecule has 0 saturated heterocycles. The maximum atomic E-state index is 11.6. The van der Waals surface area contributed by atoms with Crippen LogP contribution >= 0.6 is 11.3 Å². The van der Waals surface area contributed by atoms with Gasteiger partial charge < -0.3 is 15.8 Å². The number of methoxy groups -OCH3 is 1. The number of hydrogen-bond acceptors (Lipinski definition) is 6. The van der Waals surface area contributed by atoms with E-state index < -0.39 is 0 Å². The summed E-state index contributed by atoms with van der Waals surface area (Å²) in [7, 11) is 1.67. The molecule has 0 aliphatic heterocycles. The lowest BCUT2D eigenvalue weighted by molar-refractivity contribution is 0.0176. The number of nitrogens with zero attached hydrogens (tertiary/aromatic N) is 2. The van der Waals surface area contributed by atoms with Crippen molar-refractivity contribution in [3.05, 3.63) is 5.01 Å². The Kier molecular flexibility index (Phi) is 2.83. The summed E-state index contributed by atoms with van der Waals surface area (Å²) in [6, 6.07) is 0.188. The van der Waals surface area contributed by atoms with Crippen LogP contribution in [-0.4, -0.2) is 35.4 Å². The highest BCUT2D eigenvalue weighted by molar-refractivity contribution is 7.16. The van der Waals surface area contributed by atoms with Gasteiger partial charge in [0.1, 0.15) is 0 Å². The van der Waals surface area contributed by atoms with E-state index in [4.69, 9.17) is 10.5 Å². The summed E-state index contributed by atoms with van der Waals surface area (Å²) in [5.41, 5.74) is 5.38. The number of carbonyl (C=O) groups is 1. The van der Waals surface area contributed by atoms with Crippen LogP contribution in [0.1, 0.15) is 22.6 Å². The number of anilines is 1. The van der Waals surface area contributed by atoms with Crippen LogP contribution in [0.4, 0.5) is 5.13 Å². The van der Waals surface area contributed by atoms with Crippen LogP contribution in [0.25, 0.3) is 0 Å². The highest BCUT2D eigenvalue weighted by Crippen LogP contribution is 2.23. The van der Waals surface area contributed by atoms with Crippen molar-refractivity contribution in [1.82, 2.24) is 15.5 Å². The highest BCUT2D eigenvalue weighted by Gasteiger charge is 2.30. The molecule has 0 bridgehead atoms. The number of rotatable bonds is 3. The van der Waals surface area contributed by atoms with Gasteiger partial charge in [-0.05, 0) is 12.8 Å². The average Bonchev–Trinajstić information content (AvgIpc) is 2.57. The molecule has 82 valence electrons. The third-order valence-corrected chi connectivity index (χ3v) is 3.15. The first kappa shape index (κ1) is 10.3. The molecule has 0 spiro atoms. The highest BCUT2D eigenvalue weighted by atomic mass is 32.1. The van der Waals surface area contributed by atoms with Crippen molar-refractivity contribution >= 4 is 22.4 Å². The van der Waals surface area contributed by atoms with Gasteiger partial charge in [-0.25, -0.2) is 0 Å². The minimum atomic E-state index is -0.205. The third kappa shape index (κ3) is 2.24. The lowest BCUT2D eigenvalue weighted by Gasteiger charge is -2.34. The van der Waals surface area contributed by atoms with Gasteiger partial charge in [0.15, 0.2) is 0 Å². The van der Waals surface area contributed by atoms with E-state index in [-0.39, 0.29) is 18.1 Å². The molecule has 2 rings (SSSR count). The van der Waals surface area contributed by atoms with E-state index >= 15 is 0 Å². The van der Waals surface area contributed by atoms with Gasteiger partial charge in [-0.2, -0.15) is 0 Å². The van der Waals surface area contributed by atoms with Crippen LogP contribution in [0, 0.1) is 0 Å². The van der Waals surface area contributed by atoms with E-state index in [0.29, 0.717) is 10.1 Å². The van der Waals surface area contributed by atoms with Crippen molar-refractivity contribution < 1.29 is 9.53 Å². The lowest BCUT2D eigenvalue weighted by atomic mass is 9.89. The summed E-state index contributed by atoms with van der Waals surface area (Å²) in [5.74, 6) is -0.205. The van der Waals surface area contributed by atoms with E-state index in [1.165, 1.54) is 0 Å². The number of amides is 1. The predicted octanol–water partition coefficient (Wildman–Crippen LogP) is 0.0275. The molecule has 1 aliphatic carbocycles. The molecule has 1 aromatic heterocycles. The predicted molar refractivity (Wildman–Crippen MR) is 55.6 cm³/mol. The number of nitrogens with one attached hydrogen (secondary N) is 1. The zero-order chi connectivity index (χ0) is 10.8. The number of hydrogen-bond donors (Lipinski definition) is 2. The molecule has 0 aromatic carbocycles. The Morgan fingerprint density at radius 1 is 1.60 bits per heavy atom. The first-order valence-electron chi connectivity index (χ1n) is 4.61. The van der Waals surface area contributed by atoms with E-state index in [0.717, 1.165) is 24.2 Å². The molecule has 0 unspecified atom stereocenters. The van der Waals surface area contributed by atoms with E-state index in [9.17, 15) is 4.79 Å². The Hall–Kier alpha value is -1.21. The first-order chi connectivity index (χ1) is 7.19. The average molecular weight is 228 g/mol. The summed E-state index contributed by atoms with van der Waals surface area (Å²) in [6.07, 6.45) is 1.99. The molecule has 7 heteroatoms. The molecule has 1 saturated carbocycles. The second kappa shape index (κ2) is 4.11. The Balaban J connectivity index is 1.84. The second-order valence-corrected chi connectivity index (χ2v) is 4.45. The largest absolute Gasteiger partial charge is 0.381 e. The number of carbonyl (C=O) groups excluding carboxylic acids is 1. The van der Waals surface area contributed by atoms with Crippen molar-refractivity contribution in [3.8, 4) is 0 Å². The lowest BCUT2D eigenvalue weighted by Crippen LogP contribution is -2.47. The summed E-state index contributed by atoms with van der Waals surface area (Å²) in [5, 5.41) is 10.7. The maximum absolute atomic E-state index is 11.6. The number of aromatic nitrogens is 2. The fourth-order valence-corrected chi connectivity index (χ4v) is 1.96. The summed E-state index contributed by atoms with van der Waals surface area (Å²) < 4.78 is 5.11. The Morgan fingerprint density at radius 3 is 2.87 bits per heavy atom. The molecule has 1 heterocycles. The topological polar surface area (TPSA) is 90.1 Å². The molecule has 1 aliphatic rings. The molecule has 1 fully saturated rings. The summed E-state index contributed by atoms with van der Waals surface area (Å²) >= 11 is 1.09. The molecule has 6 nitrogen and oxygen atoms in total. The number of ether oxygens (including phenoxy) is 1. The molecule has 1 amide bonds. The zero-order valence-electron chi connectivity index (χ0n) is 8.27. The molecular formula is C8H12N4O2S.